The first-order valence-corrected chi connectivity index (χ1v) is 5.95. The Morgan fingerprint density at radius 1 is 1.33 bits per heavy atom. The van der Waals surface area contributed by atoms with Gasteiger partial charge in [-0.3, -0.25) is 9.36 Å². The van der Waals surface area contributed by atoms with Crippen LogP contribution in [0.25, 0.3) is 0 Å². The van der Waals surface area contributed by atoms with Crippen LogP contribution in [0.15, 0.2) is 18.5 Å². The number of halogens is 1. The number of rotatable bonds is 5. The van der Waals surface area contributed by atoms with Gasteiger partial charge in [-0.2, -0.15) is 10.2 Å². The highest BCUT2D eigenvalue weighted by Crippen LogP contribution is 2.13. The first kappa shape index (κ1) is 14.6. The van der Waals surface area contributed by atoms with E-state index in [1.165, 1.54) is 0 Å². The van der Waals surface area contributed by atoms with Gasteiger partial charge in [0.1, 0.15) is 0 Å². The molecule has 0 saturated carbocycles. The van der Waals surface area contributed by atoms with E-state index >= 15 is 0 Å². The molecule has 0 amide bonds. The van der Waals surface area contributed by atoms with Crippen molar-refractivity contribution in [3.63, 3.8) is 0 Å². The summed E-state index contributed by atoms with van der Waals surface area (Å²) in [6.07, 6.45) is 5.10. The maximum Gasteiger partial charge on any atom is 0.0825 e. The zero-order valence-electron chi connectivity index (χ0n) is 11.1. The van der Waals surface area contributed by atoms with E-state index in [9.17, 15) is 0 Å². The molecule has 100 valence electrons. The smallest absolute Gasteiger partial charge is 0.0825 e. The molecule has 1 N–H and O–H groups in total. The zero-order valence-corrected chi connectivity index (χ0v) is 11.9. The normalized spacial score (nSPS) is 10.2. The van der Waals surface area contributed by atoms with Crippen LogP contribution in [0.3, 0.4) is 0 Å². The van der Waals surface area contributed by atoms with Gasteiger partial charge in [0.25, 0.3) is 0 Å². The number of nitrogens with one attached hydrogen (secondary N) is 1. The molecule has 0 unspecified atom stereocenters. The quantitative estimate of drug-likeness (QED) is 0.907. The van der Waals surface area contributed by atoms with Crippen LogP contribution in [0.5, 0.6) is 0 Å². The Morgan fingerprint density at radius 2 is 2.11 bits per heavy atom. The summed E-state index contributed by atoms with van der Waals surface area (Å²) in [6, 6.07) is 2.01. The summed E-state index contributed by atoms with van der Waals surface area (Å²) in [5, 5.41) is 12.1. The van der Waals surface area contributed by atoms with Crippen molar-refractivity contribution in [1.82, 2.24) is 19.6 Å². The lowest BCUT2D eigenvalue weighted by molar-refractivity contribution is 0.598. The Labute approximate surface area is 114 Å². The van der Waals surface area contributed by atoms with Crippen molar-refractivity contribution in [3.8, 4) is 0 Å². The fourth-order valence-corrected chi connectivity index (χ4v) is 1.78. The van der Waals surface area contributed by atoms with Crippen LogP contribution in [0.2, 0.25) is 0 Å². The van der Waals surface area contributed by atoms with Gasteiger partial charge in [0, 0.05) is 26.0 Å². The first-order chi connectivity index (χ1) is 8.19. The van der Waals surface area contributed by atoms with Gasteiger partial charge in [0.2, 0.25) is 0 Å². The Kier molecular flexibility index (Phi) is 5.22. The summed E-state index contributed by atoms with van der Waals surface area (Å²) in [6.45, 7) is 5.87. The van der Waals surface area contributed by atoms with E-state index in [1.807, 2.05) is 35.6 Å². The molecule has 2 aromatic rings. The van der Waals surface area contributed by atoms with Crippen molar-refractivity contribution in [3.05, 3.63) is 29.8 Å². The highest BCUT2D eigenvalue weighted by atomic mass is 35.5. The minimum Gasteiger partial charge on any atom is -0.377 e. The molecule has 2 heterocycles. The molecule has 18 heavy (non-hydrogen) atoms. The van der Waals surface area contributed by atoms with Crippen molar-refractivity contribution in [1.29, 1.82) is 0 Å². The molecule has 0 radical (unpaired) electrons. The molecule has 0 fully saturated rings. The average Bonchev–Trinajstić information content (AvgIpc) is 2.83. The molecule has 6 heteroatoms. The van der Waals surface area contributed by atoms with Crippen molar-refractivity contribution in [2.24, 2.45) is 7.05 Å². The lowest BCUT2D eigenvalue weighted by Crippen LogP contribution is -2.01. The van der Waals surface area contributed by atoms with Crippen LogP contribution in [0.4, 0.5) is 5.69 Å². The summed E-state index contributed by atoms with van der Waals surface area (Å²) in [5.41, 5.74) is 3.16. The molecule has 0 bridgehead atoms. The largest absolute Gasteiger partial charge is 0.377 e. The minimum absolute atomic E-state index is 0. The Hall–Kier alpha value is -1.49. The van der Waals surface area contributed by atoms with Gasteiger partial charge in [-0.15, -0.1) is 12.4 Å². The Bertz CT molecular complexity index is 488. The molecule has 5 nitrogen and oxygen atoms in total. The van der Waals surface area contributed by atoms with E-state index in [4.69, 9.17) is 0 Å². The van der Waals surface area contributed by atoms with Crippen LogP contribution in [0, 0.1) is 6.92 Å². The van der Waals surface area contributed by atoms with E-state index in [0.29, 0.717) is 0 Å². The van der Waals surface area contributed by atoms with E-state index in [0.717, 1.165) is 36.6 Å². The fourth-order valence-electron chi connectivity index (χ4n) is 1.78. The summed E-state index contributed by atoms with van der Waals surface area (Å²) in [7, 11) is 1.92. The average molecular weight is 270 g/mol. The fraction of sp³-hybridized carbons (Fsp3) is 0.500. The molecule has 0 spiro atoms. The van der Waals surface area contributed by atoms with Gasteiger partial charge >= 0.3 is 0 Å². The highest BCUT2D eigenvalue weighted by Gasteiger charge is 2.04. The third-order valence-electron chi connectivity index (χ3n) is 2.63. The third-order valence-corrected chi connectivity index (χ3v) is 2.63. The molecule has 0 aliphatic rings. The molecular formula is C12H20ClN5. The van der Waals surface area contributed by atoms with E-state index in [1.54, 1.807) is 0 Å². The monoisotopic (exact) mass is 269 g/mol. The van der Waals surface area contributed by atoms with Gasteiger partial charge in [-0.25, -0.2) is 0 Å². The van der Waals surface area contributed by atoms with Crippen molar-refractivity contribution < 1.29 is 0 Å². The van der Waals surface area contributed by atoms with Gasteiger partial charge in [-0.05, 0) is 19.4 Å². The number of anilines is 1. The first-order valence-electron chi connectivity index (χ1n) is 5.95. The van der Waals surface area contributed by atoms with Gasteiger partial charge in [-0.1, -0.05) is 6.92 Å². The SMILES string of the molecule is CCCn1cc(NCc2ccn(C)n2)c(C)n1.Cl. The topological polar surface area (TPSA) is 47.7 Å². The van der Waals surface area contributed by atoms with Crippen molar-refractivity contribution in [2.75, 3.05) is 5.32 Å². The van der Waals surface area contributed by atoms with Crippen LogP contribution in [0.1, 0.15) is 24.7 Å². The second kappa shape index (κ2) is 6.44. The molecule has 0 atom stereocenters. The van der Waals surface area contributed by atoms with Crippen LogP contribution >= 0.6 is 12.4 Å². The predicted molar refractivity (Wildman–Crippen MR) is 75.0 cm³/mol. The van der Waals surface area contributed by atoms with Crippen LogP contribution in [-0.4, -0.2) is 19.6 Å². The maximum absolute atomic E-state index is 4.45. The summed E-state index contributed by atoms with van der Waals surface area (Å²) < 4.78 is 3.79. The van der Waals surface area contributed by atoms with Crippen LogP contribution in [-0.2, 0) is 20.1 Å². The summed E-state index contributed by atoms with van der Waals surface area (Å²) >= 11 is 0. The molecular weight excluding hydrogens is 250 g/mol. The van der Waals surface area contributed by atoms with E-state index in [-0.39, 0.29) is 12.4 Å². The van der Waals surface area contributed by atoms with E-state index < -0.39 is 0 Å². The number of nitrogens with zero attached hydrogens (tertiary/aromatic N) is 4. The van der Waals surface area contributed by atoms with Crippen molar-refractivity contribution in [2.45, 2.75) is 33.4 Å². The third kappa shape index (κ3) is 3.50. The number of aryl methyl sites for hydroxylation is 3. The maximum atomic E-state index is 4.45. The second-order valence-electron chi connectivity index (χ2n) is 4.23. The highest BCUT2D eigenvalue weighted by molar-refractivity contribution is 5.85. The van der Waals surface area contributed by atoms with Crippen LogP contribution < -0.4 is 5.32 Å². The number of hydrogen-bond donors (Lipinski definition) is 1. The lowest BCUT2D eigenvalue weighted by atomic mass is 10.3. The van der Waals surface area contributed by atoms with Gasteiger partial charge < -0.3 is 5.32 Å². The standard InChI is InChI=1S/C12H19N5.ClH/c1-4-6-17-9-12(10(2)14-17)13-8-11-5-7-16(3)15-11;/h5,7,9,13H,4,6,8H2,1-3H3;1H. The number of aromatic nitrogens is 4. The second-order valence-corrected chi connectivity index (χ2v) is 4.23. The molecule has 0 aliphatic heterocycles. The summed E-state index contributed by atoms with van der Waals surface area (Å²) in [5.74, 6) is 0. The minimum atomic E-state index is 0. The molecule has 2 rings (SSSR count). The summed E-state index contributed by atoms with van der Waals surface area (Å²) in [4.78, 5) is 0. The molecule has 0 aliphatic carbocycles. The number of hydrogen-bond acceptors (Lipinski definition) is 3. The lowest BCUT2D eigenvalue weighted by Gasteiger charge is -2.01. The predicted octanol–water partition coefficient (Wildman–Crippen LogP) is 2.37. The van der Waals surface area contributed by atoms with Crippen molar-refractivity contribution >= 4 is 18.1 Å². The van der Waals surface area contributed by atoms with E-state index in [2.05, 4.69) is 28.6 Å². The molecule has 0 aromatic carbocycles. The zero-order chi connectivity index (χ0) is 12.3. The Balaban J connectivity index is 0.00000162. The molecule has 0 saturated heterocycles. The Morgan fingerprint density at radius 3 is 2.72 bits per heavy atom. The van der Waals surface area contributed by atoms with Gasteiger partial charge in [0.05, 0.1) is 23.6 Å². The van der Waals surface area contributed by atoms with Gasteiger partial charge in [0.15, 0.2) is 0 Å². The molecule has 2 aromatic heterocycles.